The first-order valence-corrected chi connectivity index (χ1v) is 14.9. The summed E-state index contributed by atoms with van der Waals surface area (Å²) in [7, 11) is 1.52. The minimum Gasteiger partial charge on any atom is -0.493 e. The van der Waals surface area contributed by atoms with Gasteiger partial charge in [-0.1, -0.05) is 47.7 Å². The lowest BCUT2D eigenvalue weighted by Gasteiger charge is -2.24. The predicted molar refractivity (Wildman–Crippen MR) is 162 cm³/mol. The van der Waals surface area contributed by atoms with Gasteiger partial charge in [-0.05, 0) is 64.7 Å². The quantitative estimate of drug-likeness (QED) is 0.200. The second kappa shape index (κ2) is 12.2. The van der Waals surface area contributed by atoms with E-state index in [1.807, 2.05) is 60.0 Å². The molecule has 1 aliphatic rings. The van der Waals surface area contributed by atoms with Crippen molar-refractivity contribution in [1.82, 2.24) is 4.57 Å². The smallest absolute Gasteiger partial charge is 0.338 e. The molecule has 8 nitrogen and oxygen atoms in total. The predicted octanol–water partition coefficient (Wildman–Crippen LogP) is 4.51. The molecule has 0 N–H and O–H groups in total. The number of fused-ring (bicyclic) bond motifs is 1. The molecule has 0 fully saturated rings. The summed E-state index contributed by atoms with van der Waals surface area (Å²) in [6.07, 6.45) is 1.77. The maximum atomic E-state index is 14.0. The van der Waals surface area contributed by atoms with Gasteiger partial charge in [0.15, 0.2) is 22.9 Å². The summed E-state index contributed by atoms with van der Waals surface area (Å²) in [6, 6.07) is 18.1. The third-order valence-corrected chi connectivity index (χ3v) is 8.73. The Hall–Kier alpha value is -3.73. The number of thiophene rings is 1. The van der Waals surface area contributed by atoms with E-state index in [1.54, 1.807) is 23.6 Å². The Labute approximate surface area is 251 Å². The summed E-state index contributed by atoms with van der Waals surface area (Å²) in [5.41, 5.74) is 2.02. The van der Waals surface area contributed by atoms with Crippen LogP contribution >= 0.6 is 45.3 Å². The molecule has 0 saturated carbocycles. The van der Waals surface area contributed by atoms with Crippen LogP contribution in [0.15, 0.2) is 75.3 Å². The van der Waals surface area contributed by atoms with Crippen LogP contribution in [-0.4, -0.2) is 30.9 Å². The number of esters is 1. The summed E-state index contributed by atoms with van der Waals surface area (Å²) < 4.78 is 19.3. The second-order valence-corrected chi connectivity index (χ2v) is 11.6. The average molecular weight is 684 g/mol. The number of carbonyl (C=O) groups is 1. The van der Waals surface area contributed by atoms with Crippen molar-refractivity contribution in [3.8, 4) is 17.6 Å². The Bertz CT molecular complexity index is 1820. The van der Waals surface area contributed by atoms with Gasteiger partial charge in [0.25, 0.3) is 5.56 Å². The van der Waals surface area contributed by atoms with Gasteiger partial charge in [0.05, 0.1) is 33.1 Å². The van der Waals surface area contributed by atoms with E-state index in [0.717, 1.165) is 19.6 Å². The lowest BCUT2D eigenvalue weighted by Crippen LogP contribution is -2.39. The summed E-state index contributed by atoms with van der Waals surface area (Å²) in [6.45, 7) is 1.84. The number of aromatic nitrogens is 1. The molecule has 0 spiro atoms. The summed E-state index contributed by atoms with van der Waals surface area (Å²) in [5.74, 6) is 0.408. The molecule has 40 heavy (non-hydrogen) atoms. The summed E-state index contributed by atoms with van der Waals surface area (Å²) in [4.78, 5) is 33.5. The molecule has 0 saturated heterocycles. The number of methoxy groups -OCH3 is 1. The first kappa shape index (κ1) is 27.8. The van der Waals surface area contributed by atoms with Crippen LogP contribution < -0.4 is 24.4 Å². The molecular formula is C29H22IN3O5S2. The van der Waals surface area contributed by atoms with Crippen molar-refractivity contribution in [3.63, 3.8) is 0 Å². The van der Waals surface area contributed by atoms with Crippen molar-refractivity contribution < 1.29 is 19.0 Å². The third kappa shape index (κ3) is 5.34. The number of hydrogen-bond acceptors (Lipinski definition) is 9. The van der Waals surface area contributed by atoms with Crippen LogP contribution in [0.25, 0.3) is 11.8 Å². The standard InChI is InChI=1S/C29H22IN3O5S2/c1-3-37-28(35)23-24(18-8-5-4-6-9-18)32-29-33(25(23)21-10-7-13-39-21)27(34)22(40-29)16-17-14-19(30)26(38-12-11-31)20(15-17)36-2/h4-10,13-16,25H,3,12H2,1-2H3/b22-16-/t25-/m0/s1. The maximum Gasteiger partial charge on any atom is 0.338 e. The highest BCUT2D eigenvalue weighted by Gasteiger charge is 2.35. The number of nitrogens with zero attached hydrogens (tertiary/aromatic N) is 3. The molecule has 0 amide bonds. The van der Waals surface area contributed by atoms with E-state index in [4.69, 9.17) is 24.5 Å². The molecule has 202 valence electrons. The Morgan fingerprint density at radius 1 is 1.23 bits per heavy atom. The van der Waals surface area contributed by atoms with Crippen LogP contribution in [0.4, 0.5) is 0 Å². The number of halogens is 1. The zero-order chi connectivity index (χ0) is 28.2. The fourth-order valence-electron chi connectivity index (χ4n) is 4.38. The van der Waals surface area contributed by atoms with Crippen molar-refractivity contribution >= 4 is 63.0 Å². The summed E-state index contributed by atoms with van der Waals surface area (Å²) in [5, 5.41) is 10.8. The van der Waals surface area contributed by atoms with E-state index in [-0.39, 0.29) is 18.8 Å². The van der Waals surface area contributed by atoms with Gasteiger partial charge in [-0.25, -0.2) is 9.79 Å². The second-order valence-electron chi connectivity index (χ2n) is 8.43. The minimum atomic E-state index is -0.691. The Morgan fingerprint density at radius 3 is 2.70 bits per heavy atom. The van der Waals surface area contributed by atoms with Crippen LogP contribution in [0.3, 0.4) is 0 Å². The average Bonchev–Trinajstić information content (AvgIpc) is 3.60. The van der Waals surface area contributed by atoms with Crippen molar-refractivity contribution in [2.45, 2.75) is 13.0 Å². The molecule has 2 aromatic carbocycles. The van der Waals surface area contributed by atoms with Crippen LogP contribution in [0.5, 0.6) is 11.5 Å². The van der Waals surface area contributed by atoms with Crippen molar-refractivity contribution in [1.29, 1.82) is 5.26 Å². The minimum absolute atomic E-state index is 0.112. The summed E-state index contributed by atoms with van der Waals surface area (Å²) >= 11 is 4.82. The number of thiazole rings is 1. The van der Waals surface area contributed by atoms with Gasteiger partial charge < -0.3 is 14.2 Å². The van der Waals surface area contributed by atoms with E-state index in [1.165, 1.54) is 29.8 Å². The zero-order valence-electron chi connectivity index (χ0n) is 21.4. The highest BCUT2D eigenvalue weighted by molar-refractivity contribution is 14.1. The van der Waals surface area contributed by atoms with Crippen LogP contribution in [0.1, 0.15) is 29.0 Å². The molecule has 0 radical (unpaired) electrons. The number of benzene rings is 2. The van der Waals surface area contributed by atoms with Gasteiger partial charge in [-0.15, -0.1) is 11.3 Å². The number of ether oxygens (including phenoxy) is 3. The van der Waals surface area contributed by atoms with Gasteiger partial charge in [-0.3, -0.25) is 9.36 Å². The van der Waals surface area contributed by atoms with Crippen LogP contribution in [0, 0.1) is 14.9 Å². The molecule has 0 aliphatic carbocycles. The van der Waals surface area contributed by atoms with Crippen LogP contribution in [0.2, 0.25) is 0 Å². The van der Waals surface area contributed by atoms with E-state index in [9.17, 15) is 9.59 Å². The molecule has 3 heterocycles. The maximum absolute atomic E-state index is 14.0. The molecule has 4 aromatic rings. The third-order valence-electron chi connectivity index (χ3n) is 6.02. The van der Waals surface area contributed by atoms with Crippen molar-refractivity contribution in [2.24, 2.45) is 4.99 Å². The molecule has 2 aromatic heterocycles. The Balaban J connectivity index is 1.74. The van der Waals surface area contributed by atoms with Gasteiger partial charge in [0, 0.05) is 10.4 Å². The van der Waals surface area contributed by atoms with Gasteiger partial charge in [0.2, 0.25) is 0 Å². The Morgan fingerprint density at radius 2 is 2.02 bits per heavy atom. The molecule has 11 heteroatoms. The molecular weight excluding hydrogens is 661 g/mol. The van der Waals surface area contributed by atoms with Gasteiger partial charge >= 0.3 is 5.97 Å². The number of rotatable bonds is 8. The van der Waals surface area contributed by atoms with E-state index in [2.05, 4.69) is 22.6 Å². The lowest BCUT2D eigenvalue weighted by molar-refractivity contribution is -0.138. The van der Waals surface area contributed by atoms with Crippen molar-refractivity contribution in [2.75, 3.05) is 20.3 Å². The Kier molecular flexibility index (Phi) is 8.49. The first-order valence-electron chi connectivity index (χ1n) is 12.2. The molecule has 1 aliphatic heterocycles. The first-order chi connectivity index (χ1) is 19.5. The number of nitriles is 1. The fraction of sp³-hybridized carbons (Fsp3) is 0.172. The zero-order valence-corrected chi connectivity index (χ0v) is 25.2. The van der Waals surface area contributed by atoms with Crippen molar-refractivity contribution in [3.05, 3.63) is 105 Å². The molecule has 0 bridgehead atoms. The highest BCUT2D eigenvalue weighted by Crippen LogP contribution is 2.37. The molecule has 1 atom stereocenters. The van der Waals surface area contributed by atoms with E-state index in [0.29, 0.717) is 32.1 Å². The fourth-order valence-corrected chi connectivity index (χ4v) is 6.98. The normalized spacial score (nSPS) is 14.8. The van der Waals surface area contributed by atoms with E-state index < -0.39 is 12.0 Å². The lowest BCUT2D eigenvalue weighted by atomic mass is 9.97. The number of hydrogen-bond donors (Lipinski definition) is 0. The topological polar surface area (TPSA) is 103 Å². The van der Waals surface area contributed by atoms with Crippen LogP contribution in [-0.2, 0) is 9.53 Å². The molecule has 5 rings (SSSR count). The SMILES string of the molecule is CCOC(=O)C1=C(c2ccccc2)N=c2s/c(=C\c3cc(I)c(OCC#N)c(OC)c3)c(=O)n2[C@H]1c1cccs1. The number of carbonyl (C=O) groups excluding carboxylic acids is 1. The monoisotopic (exact) mass is 683 g/mol. The van der Waals surface area contributed by atoms with Gasteiger partial charge in [0.1, 0.15) is 12.1 Å². The van der Waals surface area contributed by atoms with E-state index >= 15 is 0 Å². The highest BCUT2D eigenvalue weighted by atomic mass is 127. The van der Waals surface area contributed by atoms with Gasteiger partial charge in [-0.2, -0.15) is 5.26 Å². The largest absolute Gasteiger partial charge is 0.493 e. The molecule has 0 unspecified atom stereocenters.